The Morgan fingerprint density at radius 1 is 1.24 bits per heavy atom. The number of benzene rings is 1. The molecule has 0 bridgehead atoms. The maximum absolute atomic E-state index is 10.1. The van der Waals surface area contributed by atoms with Crippen LogP contribution in [-0.2, 0) is 0 Å². The molecule has 0 aromatic heterocycles. The fourth-order valence-electron chi connectivity index (χ4n) is 1.57. The topological polar surface area (TPSA) is 55.5 Å². The van der Waals surface area contributed by atoms with Crippen molar-refractivity contribution in [2.24, 2.45) is 11.7 Å². The maximum atomic E-state index is 10.1. The van der Waals surface area contributed by atoms with Gasteiger partial charge in [-0.25, -0.2) is 0 Å². The van der Waals surface area contributed by atoms with Crippen molar-refractivity contribution in [3.63, 3.8) is 0 Å². The van der Waals surface area contributed by atoms with Gasteiger partial charge in [0, 0.05) is 6.04 Å². The molecule has 3 heteroatoms. The van der Waals surface area contributed by atoms with Gasteiger partial charge >= 0.3 is 0 Å². The Labute approximate surface area is 104 Å². The Balaban J connectivity index is 2.66. The first-order chi connectivity index (χ1) is 8.06. The van der Waals surface area contributed by atoms with Crippen LogP contribution in [0, 0.1) is 5.92 Å². The monoisotopic (exact) mass is 237 g/mol. The van der Waals surface area contributed by atoms with Crippen molar-refractivity contribution >= 4 is 0 Å². The zero-order valence-corrected chi connectivity index (χ0v) is 10.9. The molecular formula is C14H23NO2. The molecule has 0 aliphatic heterocycles. The van der Waals surface area contributed by atoms with Crippen LogP contribution in [0.2, 0.25) is 0 Å². The fraction of sp³-hybridized carbons (Fsp3) is 0.571. The van der Waals surface area contributed by atoms with Gasteiger partial charge in [-0.3, -0.25) is 0 Å². The van der Waals surface area contributed by atoms with Gasteiger partial charge in [0.1, 0.15) is 5.75 Å². The molecule has 0 amide bonds. The number of ether oxygens (including phenoxy) is 1. The normalized spacial score (nSPS) is 14.7. The molecule has 0 radical (unpaired) electrons. The summed E-state index contributed by atoms with van der Waals surface area (Å²) in [4.78, 5) is 0. The van der Waals surface area contributed by atoms with Gasteiger partial charge in [0.05, 0.1) is 12.7 Å². The summed E-state index contributed by atoms with van der Waals surface area (Å²) in [6.45, 7) is 6.80. The van der Waals surface area contributed by atoms with Gasteiger partial charge in [-0.1, -0.05) is 32.9 Å². The number of rotatable bonds is 6. The Morgan fingerprint density at radius 2 is 1.82 bits per heavy atom. The largest absolute Gasteiger partial charge is 0.494 e. The zero-order chi connectivity index (χ0) is 12.8. The smallest absolute Gasteiger partial charge is 0.119 e. The molecule has 1 aromatic carbocycles. The predicted octanol–water partition coefficient (Wildman–Crippen LogP) is 2.49. The molecule has 1 aromatic rings. The molecule has 0 aliphatic carbocycles. The van der Waals surface area contributed by atoms with E-state index in [1.807, 2.05) is 38.1 Å². The highest BCUT2D eigenvalue weighted by atomic mass is 16.5. The van der Waals surface area contributed by atoms with Crippen LogP contribution in [0.5, 0.6) is 5.75 Å². The van der Waals surface area contributed by atoms with Crippen LogP contribution < -0.4 is 10.5 Å². The van der Waals surface area contributed by atoms with Crippen molar-refractivity contribution in [3.05, 3.63) is 29.8 Å². The van der Waals surface area contributed by atoms with Crippen molar-refractivity contribution in [3.8, 4) is 5.75 Å². The number of nitrogens with two attached hydrogens (primary N) is 1. The summed E-state index contributed by atoms with van der Waals surface area (Å²) in [5.41, 5.74) is 6.77. The molecule has 0 aliphatic rings. The molecule has 0 spiro atoms. The molecule has 0 saturated heterocycles. The zero-order valence-electron chi connectivity index (χ0n) is 10.9. The van der Waals surface area contributed by atoms with Gasteiger partial charge in [-0.2, -0.15) is 0 Å². The van der Waals surface area contributed by atoms with Gasteiger partial charge in [0.15, 0.2) is 0 Å². The van der Waals surface area contributed by atoms with Crippen molar-refractivity contribution in [2.75, 3.05) is 6.61 Å². The summed E-state index contributed by atoms with van der Waals surface area (Å²) in [5, 5.41) is 10.1. The second kappa shape index (κ2) is 6.62. The second-order valence-electron chi connectivity index (χ2n) is 4.68. The first-order valence-electron chi connectivity index (χ1n) is 6.22. The van der Waals surface area contributed by atoms with E-state index >= 15 is 0 Å². The minimum absolute atomic E-state index is 0.239. The van der Waals surface area contributed by atoms with E-state index in [9.17, 15) is 5.11 Å². The lowest BCUT2D eigenvalue weighted by Gasteiger charge is -2.22. The minimum atomic E-state index is -0.616. The van der Waals surface area contributed by atoms with Crippen LogP contribution in [0.1, 0.15) is 38.9 Å². The molecule has 0 saturated carbocycles. The van der Waals surface area contributed by atoms with Crippen LogP contribution in [-0.4, -0.2) is 17.8 Å². The molecule has 2 atom stereocenters. The molecule has 2 unspecified atom stereocenters. The summed E-state index contributed by atoms with van der Waals surface area (Å²) >= 11 is 0. The van der Waals surface area contributed by atoms with Gasteiger partial charge in [-0.05, 0) is 30.0 Å². The van der Waals surface area contributed by atoms with E-state index in [1.165, 1.54) is 0 Å². The average Bonchev–Trinajstić information content (AvgIpc) is 2.35. The van der Waals surface area contributed by atoms with E-state index in [4.69, 9.17) is 10.5 Å². The molecule has 17 heavy (non-hydrogen) atoms. The third-order valence-electron chi connectivity index (χ3n) is 2.83. The van der Waals surface area contributed by atoms with Gasteiger partial charge in [0.2, 0.25) is 0 Å². The standard InChI is InChI=1S/C14H23NO2/c1-4-9-17-12-7-5-11(6-8-12)14(16)13(15)10(2)3/h5-8,10,13-14,16H,4,9,15H2,1-3H3. The molecular weight excluding hydrogens is 214 g/mol. The number of aliphatic hydroxyl groups is 1. The Kier molecular flexibility index (Phi) is 5.45. The van der Waals surface area contributed by atoms with Gasteiger partial charge < -0.3 is 15.6 Å². The van der Waals surface area contributed by atoms with Crippen LogP contribution >= 0.6 is 0 Å². The SMILES string of the molecule is CCCOc1ccc(C(O)C(N)C(C)C)cc1. The Hall–Kier alpha value is -1.06. The highest BCUT2D eigenvalue weighted by Crippen LogP contribution is 2.22. The van der Waals surface area contributed by atoms with Crippen LogP contribution in [0.25, 0.3) is 0 Å². The number of hydrogen-bond donors (Lipinski definition) is 2. The van der Waals surface area contributed by atoms with E-state index < -0.39 is 6.10 Å². The highest BCUT2D eigenvalue weighted by molar-refractivity contribution is 5.29. The van der Waals surface area contributed by atoms with Crippen LogP contribution in [0.15, 0.2) is 24.3 Å². The van der Waals surface area contributed by atoms with Crippen LogP contribution in [0.3, 0.4) is 0 Å². The molecule has 0 heterocycles. The van der Waals surface area contributed by atoms with E-state index in [2.05, 4.69) is 6.92 Å². The lowest BCUT2D eigenvalue weighted by molar-refractivity contribution is 0.125. The molecule has 3 N–H and O–H groups in total. The molecule has 0 fully saturated rings. The predicted molar refractivity (Wildman–Crippen MR) is 70.0 cm³/mol. The molecule has 3 nitrogen and oxygen atoms in total. The summed E-state index contributed by atoms with van der Waals surface area (Å²) in [7, 11) is 0. The highest BCUT2D eigenvalue weighted by Gasteiger charge is 2.19. The van der Waals surface area contributed by atoms with E-state index in [1.54, 1.807) is 0 Å². The fourth-order valence-corrected chi connectivity index (χ4v) is 1.57. The third kappa shape index (κ3) is 4.02. The van der Waals surface area contributed by atoms with Crippen LogP contribution in [0.4, 0.5) is 0 Å². The van der Waals surface area contributed by atoms with E-state index in [0.717, 1.165) is 17.7 Å². The third-order valence-corrected chi connectivity index (χ3v) is 2.83. The number of aliphatic hydroxyl groups excluding tert-OH is 1. The Bertz CT molecular complexity index is 321. The van der Waals surface area contributed by atoms with Crippen molar-refractivity contribution < 1.29 is 9.84 Å². The minimum Gasteiger partial charge on any atom is -0.494 e. The average molecular weight is 237 g/mol. The summed E-state index contributed by atoms with van der Waals surface area (Å²) in [5.74, 6) is 1.09. The van der Waals surface area contributed by atoms with Gasteiger partial charge in [-0.15, -0.1) is 0 Å². The lowest BCUT2D eigenvalue weighted by atomic mass is 9.94. The number of hydrogen-bond acceptors (Lipinski definition) is 3. The summed E-state index contributed by atoms with van der Waals surface area (Å²) in [6, 6.07) is 7.26. The second-order valence-corrected chi connectivity index (χ2v) is 4.68. The van der Waals surface area contributed by atoms with Gasteiger partial charge in [0.25, 0.3) is 0 Å². The maximum Gasteiger partial charge on any atom is 0.119 e. The molecule has 96 valence electrons. The van der Waals surface area contributed by atoms with Crippen molar-refractivity contribution in [1.82, 2.24) is 0 Å². The molecule has 1 rings (SSSR count). The first kappa shape index (κ1) is 14.0. The first-order valence-corrected chi connectivity index (χ1v) is 6.22. The van der Waals surface area contributed by atoms with Crippen molar-refractivity contribution in [1.29, 1.82) is 0 Å². The lowest BCUT2D eigenvalue weighted by Crippen LogP contribution is -2.33. The summed E-state index contributed by atoms with van der Waals surface area (Å²) in [6.07, 6.45) is 0.373. The quantitative estimate of drug-likeness (QED) is 0.799. The summed E-state index contributed by atoms with van der Waals surface area (Å²) < 4.78 is 5.48. The Morgan fingerprint density at radius 3 is 2.29 bits per heavy atom. The van der Waals surface area contributed by atoms with E-state index in [-0.39, 0.29) is 12.0 Å². The van der Waals surface area contributed by atoms with E-state index in [0.29, 0.717) is 6.61 Å². The van der Waals surface area contributed by atoms with Crippen molar-refractivity contribution in [2.45, 2.75) is 39.3 Å².